The normalized spacial score (nSPS) is 28.0. The predicted octanol–water partition coefficient (Wildman–Crippen LogP) is 2.88. The first-order valence-corrected chi connectivity index (χ1v) is 10.6. The first-order chi connectivity index (χ1) is 12.1. The summed E-state index contributed by atoms with van der Waals surface area (Å²) < 4.78 is 0. The number of benzene rings is 1. The molecule has 2 saturated heterocycles. The lowest BCUT2D eigenvalue weighted by Gasteiger charge is -2.40. The molecule has 0 saturated carbocycles. The molecule has 136 valence electrons. The highest BCUT2D eigenvalue weighted by Crippen LogP contribution is 2.34. The topological polar surface area (TPSA) is 49.4 Å². The van der Waals surface area contributed by atoms with Crippen LogP contribution in [0.4, 0.5) is 0 Å². The van der Waals surface area contributed by atoms with Crippen molar-refractivity contribution in [1.29, 1.82) is 0 Å². The van der Waals surface area contributed by atoms with Gasteiger partial charge >= 0.3 is 0 Å². The SMILES string of the molecule is C[C@@H]1CCC[C@@H]2SCC[C@H](NC(=O)[C@H](S)Cc3ccccc3)C(=O)N12. The predicted molar refractivity (Wildman–Crippen MR) is 106 cm³/mol. The van der Waals surface area contributed by atoms with Crippen molar-refractivity contribution in [2.24, 2.45) is 0 Å². The molecule has 4 nitrogen and oxygen atoms in total. The highest BCUT2D eigenvalue weighted by molar-refractivity contribution is 7.99. The minimum atomic E-state index is -0.444. The third-order valence-electron chi connectivity index (χ3n) is 5.02. The van der Waals surface area contributed by atoms with Crippen LogP contribution in [0, 0.1) is 0 Å². The number of amides is 2. The number of hydrogen-bond donors (Lipinski definition) is 2. The van der Waals surface area contributed by atoms with Crippen molar-refractivity contribution in [2.75, 3.05) is 5.75 Å². The maximum Gasteiger partial charge on any atom is 0.246 e. The van der Waals surface area contributed by atoms with E-state index in [1.165, 1.54) is 6.42 Å². The molecule has 4 atom stereocenters. The summed E-state index contributed by atoms with van der Waals surface area (Å²) in [6.45, 7) is 2.12. The van der Waals surface area contributed by atoms with E-state index in [4.69, 9.17) is 0 Å². The molecule has 0 bridgehead atoms. The second kappa shape index (κ2) is 8.49. The number of thiol groups is 1. The zero-order chi connectivity index (χ0) is 17.8. The molecule has 3 rings (SSSR count). The first-order valence-electron chi connectivity index (χ1n) is 9.02. The molecule has 0 spiro atoms. The maximum absolute atomic E-state index is 13.0. The Morgan fingerprint density at radius 3 is 2.84 bits per heavy atom. The van der Waals surface area contributed by atoms with Crippen LogP contribution in [0.1, 0.15) is 38.2 Å². The average Bonchev–Trinajstić information content (AvgIpc) is 2.76. The third kappa shape index (κ3) is 4.53. The fourth-order valence-corrected chi connectivity index (χ4v) is 5.36. The molecule has 0 aliphatic carbocycles. The standard InChI is InChI=1S/C19H26N2O2S2/c1-13-6-5-9-17-21(13)19(23)15(10-11-25-17)20-18(22)16(24)12-14-7-3-2-4-8-14/h2-4,7-8,13,15-17,24H,5-6,9-12H2,1H3,(H,20,22)/t13-,15+,16-,17+/m1/s1. The monoisotopic (exact) mass is 378 g/mol. The molecule has 2 heterocycles. The summed E-state index contributed by atoms with van der Waals surface area (Å²) >= 11 is 6.31. The summed E-state index contributed by atoms with van der Waals surface area (Å²) in [4.78, 5) is 27.5. The lowest BCUT2D eigenvalue weighted by Crippen LogP contribution is -2.55. The number of fused-ring (bicyclic) bond motifs is 1. The number of carbonyl (C=O) groups is 2. The largest absolute Gasteiger partial charge is 0.343 e. The van der Waals surface area contributed by atoms with Crippen molar-refractivity contribution in [2.45, 2.75) is 61.7 Å². The summed E-state index contributed by atoms with van der Waals surface area (Å²) in [6, 6.07) is 9.68. The summed E-state index contributed by atoms with van der Waals surface area (Å²) in [5, 5.41) is 2.79. The Bertz CT molecular complexity index is 611. The Balaban J connectivity index is 1.62. The lowest BCUT2D eigenvalue weighted by molar-refractivity contribution is -0.139. The van der Waals surface area contributed by atoms with Gasteiger partial charge in [0.25, 0.3) is 0 Å². The van der Waals surface area contributed by atoms with Gasteiger partial charge in [-0.2, -0.15) is 12.6 Å². The molecule has 1 N–H and O–H groups in total. The summed E-state index contributed by atoms with van der Waals surface area (Å²) in [7, 11) is 0. The van der Waals surface area contributed by atoms with Crippen molar-refractivity contribution in [1.82, 2.24) is 10.2 Å². The minimum Gasteiger partial charge on any atom is -0.343 e. The van der Waals surface area contributed by atoms with Gasteiger partial charge in [-0.3, -0.25) is 9.59 Å². The van der Waals surface area contributed by atoms with Gasteiger partial charge < -0.3 is 10.2 Å². The van der Waals surface area contributed by atoms with Gasteiger partial charge in [0.2, 0.25) is 11.8 Å². The number of hydrogen-bond acceptors (Lipinski definition) is 4. The molecule has 25 heavy (non-hydrogen) atoms. The molecule has 2 fully saturated rings. The first kappa shape index (κ1) is 18.6. The van der Waals surface area contributed by atoms with Gasteiger partial charge in [-0.15, -0.1) is 11.8 Å². The maximum atomic E-state index is 13.0. The number of thioether (sulfide) groups is 1. The van der Waals surface area contributed by atoms with Crippen LogP contribution in [0.15, 0.2) is 30.3 Å². The van der Waals surface area contributed by atoms with E-state index in [1.54, 1.807) is 0 Å². The molecular formula is C19H26N2O2S2. The molecule has 0 unspecified atom stereocenters. The molecule has 0 radical (unpaired) electrons. The lowest BCUT2D eigenvalue weighted by atomic mass is 10.0. The van der Waals surface area contributed by atoms with E-state index in [0.29, 0.717) is 12.8 Å². The van der Waals surface area contributed by atoms with Crippen molar-refractivity contribution in [3.8, 4) is 0 Å². The zero-order valence-corrected chi connectivity index (χ0v) is 16.3. The number of nitrogens with zero attached hydrogens (tertiary/aromatic N) is 1. The highest BCUT2D eigenvalue weighted by atomic mass is 32.2. The summed E-state index contributed by atoms with van der Waals surface area (Å²) in [5.41, 5.74) is 1.07. The van der Waals surface area contributed by atoms with E-state index in [2.05, 4.69) is 24.9 Å². The van der Waals surface area contributed by atoms with E-state index in [9.17, 15) is 9.59 Å². The van der Waals surface area contributed by atoms with Gasteiger partial charge in [0, 0.05) is 6.04 Å². The second-order valence-corrected chi connectivity index (χ2v) is 8.82. The number of carbonyl (C=O) groups excluding carboxylic acids is 2. The number of piperidine rings is 1. The summed E-state index contributed by atoms with van der Waals surface area (Å²) in [5.74, 6) is 0.829. The van der Waals surface area contributed by atoms with Crippen molar-refractivity contribution in [3.63, 3.8) is 0 Å². The zero-order valence-electron chi connectivity index (χ0n) is 14.6. The molecule has 0 aromatic heterocycles. The fraction of sp³-hybridized carbons (Fsp3) is 0.579. The number of rotatable bonds is 4. The van der Waals surface area contributed by atoms with E-state index < -0.39 is 11.3 Å². The quantitative estimate of drug-likeness (QED) is 0.792. The Kier molecular flexibility index (Phi) is 6.34. The van der Waals surface area contributed by atoms with Crippen molar-refractivity contribution >= 4 is 36.2 Å². The molecule has 1 aromatic carbocycles. The molecule has 2 aliphatic rings. The van der Waals surface area contributed by atoms with Crippen LogP contribution in [0.25, 0.3) is 0 Å². The van der Waals surface area contributed by atoms with E-state index in [0.717, 1.165) is 24.2 Å². The Morgan fingerprint density at radius 1 is 1.32 bits per heavy atom. The van der Waals surface area contributed by atoms with E-state index in [-0.39, 0.29) is 23.2 Å². The number of nitrogens with one attached hydrogen (secondary N) is 1. The van der Waals surface area contributed by atoms with Gasteiger partial charge in [-0.25, -0.2) is 0 Å². The smallest absolute Gasteiger partial charge is 0.246 e. The van der Waals surface area contributed by atoms with Gasteiger partial charge in [-0.1, -0.05) is 30.3 Å². The van der Waals surface area contributed by atoms with Crippen LogP contribution in [-0.4, -0.2) is 45.2 Å². The second-order valence-electron chi connectivity index (χ2n) is 6.91. The van der Waals surface area contributed by atoms with Crippen LogP contribution in [0.2, 0.25) is 0 Å². The van der Waals surface area contributed by atoms with Crippen LogP contribution in [0.3, 0.4) is 0 Å². The molecule has 1 aromatic rings. The van der Waals surface area contributed by atoms with Gasteiger partial charge in [0.05, 0.1) is 10.6 Å². The molecular weight excluding hydrogens is 352 g/mol. The van der Waals surface area contributed by atoms with Crippen LogP contribution >= 0.6 is 24.4 Å². The fourth-order valence-electron chi connectivity index (χ4n) is 3.63. The van der Waals surface area contributed by atoms with E-state index in [1.807, 2.05) is 47.0 Å². The average molecular weight is 379 g/mol. The van der Waals surface area contributed by atoms with Crippen LogP contribution in [-0.2, 0) is 16.0 Å². The Morgan fingerprint density at radius 2 is 2.08 bits per heavy atom. The van der Waals surface area contributed by atoms with Gasteiger partial charge in [0.15, 0.2) is 0 Å². The third-order valence-corrected chi connectivity index (χ3v) is 6.75. The summed E-state index contributed by atoms with van der Waals surface area (Å²) in [6.07, 6.45) is 4.54. The van der Waals surface area contributed by atoms with Gasteiger partial charge in [0.1, 0.15) is 6.04 Å². The Labute approximate surface area is 159 Å². The van der Waals surface area contributed by atoms with Crippen molar-refractivity contribution in [3.05, 3.63) is 35.9 Å². The molecule has 2 amide bonds. The van der Waals surface area contributed by atoms with Crippen LogP contribution < -0.4 is 5.32 Å². The van der Waals surface area contributed by atoms with Crippen molar-refractivity contribution < 1.29 is 9.59 Å². The minimum absolute atomic E-state index is 0.0794. The molecule has 6 heteroatoms. The molecule has 2 aliphatic heterocycles. The van der Waals surface area contributed by atoms with Gasteiger partial charge in [-0.05, 0) is 50.3 Å². The van der Waals surface area contributed by atoms with E-state index >= 15 is 0 Å². The highest BCUT2D eigenvalue weighted by Gasteiger charge is 2.38. The Hall–Kier alpha value is -1.14. The van der Waals surface area contributed by atoms with Crippen LogP contribution in [0.5, 0.6) is 0 Å².